The minimum absolute atomic E-state index is 0.0814. The molecule has 0 radical (unpaired) electrons. The van der Waals surface area contributed by atoms with Crippen molar-refractivity contribution < 1.29 is 9.21 Å². The number of furan rings is 1. The molecule has 0 bridgehead atoms. The zero-order chi connectivity index (χ0) is 9.26. The second-order valence-electron chi connectivity index (χ2n) is 3.38. The van der Waals surface area contributed by atoms with Gasteiger partial charge in [-0.2, -0.15) is 0 Å². The fraction of sp³-hybridized carbons (Fsp3) is 0.500. The normalized spacial score (nSPS) is 29.2. The molecule has 0 aromatic carbocycles. The first-order valence-corrected chi connectivity index (χ1v) is 4.93. The summed E-state index contributed by atoms with van der Waals surface area (Å²) in [6, 6.07) is 3.72. The number of rotatable bonds is 1. The summed E-state index contributed by atoms with van der Waals surface area (Å²) in [6.45, 7) is 0. The van der Waals surface area contributed by atoms with Crippen LogP contribution in [-0.2, 0) is 4.79 Å². The molecule has 2 atom stereocenters. The van der Waals surface area contributed by atoms with E-state index in [1.54, 1.807) is 6.26 Å². The number of ketones is 1. The van der Waals surface area contributed by atoms with Crippen molar-refractivity contribution in [3.63, 3.8) is 0 Å². The monoisotopic (exact) mass is 198 g/mol. The van der Waals surface area contributed by atoms with Gasteiger partial charge in [0.2, 0.25) is 0 Å². The van der Waals surface area contributed by atoms with Crippen molar-refractivity contribution in [2.75, 3.05) is 0 Å². The van der Waals surface area contributed by atoms with Crippen LogP contribution in [0.2, 0.25) is 0 Å². The van der Waals surface area contributed by atoms with Crippen molar-refractivity contribution in [3.05, 3.63) is 24.2 Å². The van der Waals surface area contributed by atoms with Gasteiger partial charge in [-0.25, -0.2) is 0 Å². The Labute approximate surface area is 81.9 Å². The van der Waals surface area contributed by atoms with Crippen LogP contribution < -0.4 is 0 Å². The van der Waals surface area contributed by atoms with Crippen LogP contribution in [0.15, 0.2) is 22.8 Å². The van der Waals surface area contributed by atoms with Gasteiger partial charge in [0, 0.05) is 12.3 Å². The molecule has 0 N–H and O–H groups in total. The van der Waals surface area contributed by atoms with E-state index in [1.807, 2.05) is 12.1 Å². The minimum atomic E-state index is -0.389. The van der Waals surface area contributed by atoms with E-state index in [4.69, 9.17) is 16.0 Å². The topological polar surface area (TPSA) is 30.2 Å². The Hall–Kier alpha value is -0.760. The van der Waals surface area contributed by atoms with Gasteiger partial charge >= 0.3 is 0 Å². The number of halogens is 1. The Balaban J connectivity index is 2.19. The molecule has 1 heterocycles. The first kappa shape index (κ1) is 8.82. The summed E-state index contributed by atoms with van der Waals surface area (Å²) in [7, 11) is 0. The molecular formula is C10H11ClO2. The molecule has 0 saturated heterocycles. The van der Waals surface area contributed by atoms with Crippen molar-refractivity contribution in [1.82, 2.24) is 0 Å². The third kappa shape index (κ3) is 1.63. The van der Waals surface area contributed by atoms with Gasteiger partial charge < -0.3 is 4.42 Å². The van der Waals surface area contributed by atoms with E-state index >= 15 is 0 Å². The van der Waals surface area contributed by atoms with Crippen LogP contribution in [0.3, 0.4) is 0 Å². The van der Waals surface area contributed by atoms with E-state index in [-0.39, 0.29) is 17.1 Å². The van der Waals surface area contributed by atoms with Gasteiger partial charge in [0.05, 0.1) is 6.26 Å². The maximum absolute atomic E-state index is 11.3. The average Bonchev–Trinajstić information content (AvgIpc) is 2.62. The first-order valence-electron chi connectivity index (χ1n) is 4.49. The Morgan fingerprint density at radius 3 is 3.08 bits per heavy atom. The fourth-order valence-corrected chi connectivity index (χ4v) is 2.15. The summed E-state index contributed by atoms with van der Waals surface area (Å²) in [4.78, 5) is 11.3. The molecule has 1 aromatic heterocycles. The molecule has 1 saturated carbocycles. The Bertz CT molecular complexity index is 292. The molecule has 0 aliphatic heterocycles. The largest absolute Gasteiger partial charge is 0.469 e. The highest BCUT2D eigenvalue weighted by Crippen LogP contribution is 2.34. The quantitative estimate of drug-likeness (QED) is 0.650. The van der Waals surface area contributed by atoms with E-state index in [9.17, 15) is 4.79 Å². The van der Waals surface area contributed by atoms with Crippen LogP contribution in [0.1, 0.15) is 30.9 Å². The lowest BCUT2D eigenvalue weighted by atomic mass is 9.86. The Morgan fingerprint density at radius 1 is 1.54 bits per heavy atom. The van der Waals surface area contributed by atoms with E-state index < -0.39 is 0 Å². The molecule has 70 valence electrons. The highest BCUT2D eigenvalue weighted by Gasteiger charge is 2.32. The zero-order valence-corrected chi connectivity index (χ0v) is 7.96. The number of carbonyl (C=O) groups excluding carboxylic acids is 1. The molecule has 2 unspecified atom stereocenters. The maximum atomic E-state index is 11.3. The van der Waals surface area contributed by atoms with Crippen LogP contribution in [0.5, 0.6) is 0 Å². The van der Waals surface area contributed by atoms with Gasteiger partial charge in [0.25, 0.3) is 0 Å². The smallest absolute Gasteiger partial charge is 0.151 e. The molecule has 0 amide bonds. The predicted octanol–water partition coefficient (Wildman–Crippen LogP) is 2.72. The Kier molecular flexibility index (Phi) is 2.40. The number of hydrogen-bond acceptors (Lipinski definition) is 2. The second kappa shape index (κ2) is 3.54. The van der Waals surface area contributed by atoms with E-state index in [0.29, 0.717) is 6.42 Å². The second-order valence-corrected chi connectivity index (χ2v) is 3.85. The molecule has 1 aliphatic carbocycles. The van der Waals surface area contributed by atoms with Gasteiger partial charge in [-0.1, -0.05) is 0 Å². The molecule has 2 rings (SSSR count). The molecule has 3 heteroatoms. The van der Waals surface area contributed by atoms with Gasteiger partial charge in [0.1, 0.15) is 11.1 Å². The molecule has 1 fully saturated rings. The summed E-state index contributed by atoms with van der Waals surface area (Å²) in [5, 5.41) is -0.389. The predicted molar refractivity (Wildman–Crippen MR) is 49.9 cm³/mol. The molecule has 2 nitrogen and oxygen atoms in total. The summed E-state index contributed by atoms with van der Waals surface area (Å²) in [5.74, 6) is 1.07. The third-order valence-electron chi connectivity index (χ3n) is 2.51. The minimum Gasteiger partial charge on any atom is -0.469 e. The number of alkyl halides is 1. The lowest BCUT2D eigenvalue weighted by Crippen LogP contribution is -2.27. The number of Topliss-reactive ketones (excluding diaryl/α,β-unsaturated/α-hetero) is 1. The Morgan fingerprint density at radius 2 is 2.38 bits per heavy atom. The van der Waals surface area contributed by atoms with Crippen molar-refractivity contribution in [1.29, 1.82) is 0 Å². The van der Waals surface area contributed by atoms with E-state index in [2.05, 4.69) is 0 Å². The highest BCUT2D eigenvalue weighted by atomic mass is 35.5. The summed E-state index contributed by atoms with van der Waals surface area (Å²) < 4.78 is 5.26. The van der Waals surface area contributed by atoms with Crippen LogP contribution >= 0.6 is 11.6 Å². The fourth-order valence-electron chi connectivity index (χ4n) is 1.79. The number of carbonyl (C=O) groups is 1. The van der Waals surface area contributed by atoms with Crippen LogP contribution in [0.25, 0.3) is 0 Å². The number of hydrogen-bond donors (Lipinski definition) is 0. The van der Waals surface area contributed by atoms with Crippen LogP contribution in [0, 0.1) is 0 Å². The van der Waals surface area contributed by atoms with Crippen molar-refractivity contribution >= 4 is 17.4 Å². The standard InChI is InChI=1S/C10H11ClO2/c11-10-7(3-1-4-8(10)12)9-5-2-6-13-9/h2,5-7,10H,1,3-4H2. The molecule has 1 aromatic rings. The SMILES string of the molecule is O=C1CCCC(c2ccco2)C1Cl. The average molecular weight is 199 g/mol. The summed E-state index contributed by atoms with van der Waals surface area (Å²) in [5.41, 5.74) is 0. The van der Waals surface area contributed by atoms with Crippen molar-refractivity contribution in [2.24, 2.45) is 0 Å². The van der Waals surface area contributed by atoms with Crippen LogP contribution in [-0.4, -0.2) is 11.2 Å². The molecule has 1 aliphatic rings. The van der Waals surface area contributed by atoms with Gasteiger partial charge in [-0.05, 0) is 25.0 Å². The highest BCUT2D eigenvalue weighted by molar-refractivity contribution is 6.31. The van der Waals surface area contributed by atoms with Crippen LogP contribution in [0.4, 0.5) is 0 Å². The van der Waals surface area contributed by atoms with Crippen molar-refractivity contribution in [2.45, 2.75) is 30.6 Å². The van der Waals surface area contributed by atoms with Gasteiger partial charge in [-0.3, -0.25) is 4.79 Å². The van der Waals surface area contributed by atoms with E-state index in [1.165, 1.54) is 0 Å². The first-order chi connectivity index (χ1) is 6.29. The maximum Gasteiger partial charge on any atom is 0.151 e. The summed E-state index contributed by atoms with van der Waals surface area (Å²) in [6.07, 6.45) is 4.12. The zero-order valence-electron chi connectivity index (χ0n) is 7.20. The van der Waals surface area contributed by atoms with Gasteiger partial charge in [0.15, 0.2) is 5.78 Å². The lowest BCUT2D eigenvalue weighted by Gasteiger charge is -2.23. The lowest BCUT2D eigenvalue weighted by molar-refractivity contribution is -0.120. The summed E-state index contributed by atoms with van der Waals surface area (Å²) >= 11 is 6.02. The van der Waals surface area contributed by atoms with E-state index in [0.717, 1.165) is 18.6 Å². The van der Waals surface area contributed by atoms with Crippen molar-refractivity contribution in [3.8, 4) is 0 Å². The molecule has 0 spiro atoms. The third-order valence-corrected chi connectivity index (χ3v) is 3.06. The molecular weight excluding hydrogens is 188 g/mol. The molecule has 13 heavy (non-hydrogen) atoms. The van der Waals surface area contributed by atoms with Gasteiger partial charge in [-0.15, -0.1) is 11.6 Å².